The molecule has 3 aromatic carbocycles. The highest BCUT2D eigenvalue weighted by Crippen LogP contribution is 2.33. The minimum atomic E-state index is -0.363. The van der Waals surface area contributed by atoms with Gasteiger partial charge in [0, 0.05) is 11.6 Å². The fourth-order valence-corrected chi connectivity index (χ4v) is 4.31. The number of nitrogens with one attached hydrogen (secondary N) is 1. The smallest absolute Gasteiger partial charge is 0.266 e. The maximum Gasteiger partial charge on any atom is 0.266 e. The molecule has 0 fully saturated rings. The van der Waals surface area contributed by atoms with Crippen molar-refractivity contribution >= 4 is 34.8 Å². The number of aromatic nitrogens is 2. The van der Waals surface area contributed by atoms with E-state index >= 15 is 0 Å². The highest BCUT2D eigenvalue weighted by atomic mass is 32.2. The summed E-state index contributed by atoms with van der Waals surface area (Å²) < 4.78 is 17.5. The van der Waals surface area contributed by atoms with Crippen LogP contribution in [0.15, 0.2) is 81.8 Å². The van der Waals surface area contributed by atoms with Crippen molar-refractivity contribution in [1.29, 1.82) is 0 Å². The number of para-hydroxylation sites is 2. The fraction of sp³-hybridized carbons (Fsp3) is 0.154. The highest BCUT2D eigenvalue weighted by Gasteiger charge is 2.15. The Morgan fingerprint density at radius 1 is 0.972 bits per heavy atom. The summed E-state index contributed by atoms with van der Waals surface area (Å²) in [6.45, 7) is 0. The first kappa shape index (κ1) is 24.8. The second-order valence-corrected chi connectivity index (χ2v) is 8.36. The molecule has 4 rings (SSSR count). The van der Waals surface area contributed by atoms with Gasteiger partial charge in [-0.15, -0.1) is 0 Å². The highest BCUT2D eigenvalue weighted by molar-refractivity contribution is 7.99. The van der Waals surface area contributed by atoms with Crippen LogP contribution in [0.1, 0.15) is 5.56 Å². The van der Waals surface area contributed by atoms with Gasteiger partial charge in [0.25, 0.3) is 11.5 Å². The van der Waals surface area contributed by atoms with E-state index in [0.29, 0.717) is 44.6 Å². The molecule has 0 saturated carbocycles. The van der Waals surface area contributed by atoms with Crippen LogP contribution in [0.5, 0.6) is 17.2 Å². The lowest BCUT2D eigenvalue weighted by molar-refractivity contribution is -0.118. The molecule has 0 spiro atoms. The molecule has 0 unspecified atom stereocenters. The molecule has 4 aromatic rings. The van der Waals surface area contributed by atoms with Crippen molar-refractivity contribution in [2.24, 2.45) is 5.10 Å². The Hall–Kier alpha value is -4.31. The summed E-state index contributed by atoms with van der Waals surface area (Å²) in [5, 5.41) is 4.95. The number of benzene rings is 3. The van der Waals surface area contributed by atoms with Gasteiger partial charge < -0.3 is 14.2 Å². The summed E-state index contributed by atoms with van der Waals surface area (Å²) >= 11 is 1.15. The monoisotopic (exact) mass is 504 g/mol. The number of fused-ring (bicyclic) bond motifs is 1. The quantitative estimate of drug-likeness (QED) is 0.161. The first-order valence-electron chi connectivity index (χ1n) is 10.9. The number of hydrogen-bond acceptors (Lipinski definition) is 8. The second-order valence-electron chi connectivity index (χ2n) is 7.42. The van der Waals surface area contributed by atoms with Crippen LogP contribution >= 0.6 is 11.8 Å². The van der Waals surface area contributed by atoms with E-state index in [9.17, 15) is 9.59 Å². The van der Waals surface area contributed by atoms with Crippen LogP contribution in [0.25, 0.3) is 16.6 Å². The molecule has 0 bridgehead atoms. The summed E-state index contributed by atoms with van der Waals surface area (Å²) in [6.07, 6.45) is 1.46. The van der Waals surface area contributed by atoms with Gasteiger partial charge in [-0.1, -0.05) is 42.1 Å². The zero-order valence-electron chi connectivity index (χ0n) is 19.9. The van der Waals surface area contributed by atoms with Gasteiger partial charge in [-0.05, 0) is 30.3 Å². The number of carbonyl (C=O) groups is 1. The van der Waals surface area contributed by atoms with Crippen molar-refractivity contribution in [1.82, 2.24) is 15.0 Å². The normalized spacial score (nSPS) is 11.0. The Labute approximate surface area is 211 Å². The van der Waals surface area contributed by atoms with Gasteiger partial charge in [-0.25, -0.2) is 10.4 Å². The van der Waals surface area contributed by atoms with E-state index in [2.05, 4.69) is 15.5 Å². The molecular formula is C26H24N4O5S. The van der Waals surface area contributed by atoms with Crippen molar-refractivity contribution in [3.8, 4) is 22.9 Å². The molecule has 1 aromatic heterocycles. The number of nitrogens with zero attached hydrogens (tertiary/aromatic N) is 3. The van der Waals surface area contributed by atoms with Crippen LogP contribution in [0.2, 0.25) is 0 Å². The third kappa shape index (κ3) is 5.33. The summed E-state index contributed by atoms with van der Waals surface area (Å²) in [6, 6.07) is 19.7. The number of rotatable bonds is 9. The van der Waals surface area contributed by atoms with E-state index in [0.717, 1.165) is 11.8 Å². The molecule has 10 heteroatoms. The lowest BCUT2D eigenvalue weighted by atomic mass is 10.2. The Kier molecular flexibility index (Phi) is 7.86. The van der Waals surface area contributed by atoms with Crippen molar-refractivity contribution in [3.05, 3.63) is 82.6 Å². The van der Waals surface area contributed by atoms with Crippen molar-refractivity contribution < 1.29 is 19.0 Å². The lowest BCUT2D eigenvalue weighted by Gasteiger charge is -2.13. The molecule has 184 valence electrons. The molecule has 1 N–H and O–H groups in total. The van der Waals surface area contributed by atoms with Crippen LogP contribution in [-0.2, 0) is 4.79 Å². The maximum absolute atomic E-state index is 13.2. The molecular weight excluding hydrogens is 480 g/mol. The average Bonchev–Trinajstić information content (AvgIpc) is 2.92. The van der Waals surface area contributed by atoms with Gasteiger partial charge in [-0.2, -0.15) is 5.10 Å². The second kappa shape index (κ2) is 11.4. The van der Waals surface area contributed by atoms with Gasteiger partial charge in [-0.3, -0.25) is 14.2 Å². The van der Waals surface area contributed by atoms with Crippen molar-refractivity contribution in [2.75, 3.05) is 27.1 Å². The van der Waals surface area contributed by atoms with Crippen LogP contribution in [0.4, 0.5) is 0 Å². The van der Waals surface area contributed by atoms with E-state index in [1.165, 1.54) is 32.1 Å². The van der Waals surface area contributed by atoms with E-state index in [1.807, 2.05) is 36.4 Å². The minimum Gasteiger partial charge on any atom is -0.496 e. The Morgan fingerprint density at radius 3 is 2.36 bits per heavy atom. The SMILES string of the molecule is COc1cc(OC)c(OC)cc1/C=N\NC(=O)CSc1nc2ccccc2c(=O)n1-c1ccccc1. The number of thioether (sulfide) groups is 1. The number of hydrogen-bond donors (Lipinski definition) is 1. The van der Waals surface area contributed by atoms with Crippen molar-refractivity contribution in [2.45, 2.75) is 5.16 Å². The zero-order valence-corrected chi connectivity index (χ0v) is 20.7. The predicted octanol–water partition coefficient (Wildman–Crippen LogP) is 3.65. The molecule has 0 aliphatic carbocycles. The zero-order chi connectivity index (χ0) is 25.5. The first-order chi connectivity index (χ1) is 17.5. The Bertz CT molecular complexity index is 1470. The molecule has 0 aliphatic rings. The minimum absolute atomic E-state index is 0.00196. The number of methoxy groups -OCH3 is 3. The van der Waals surface area contributed by atoms with Gasteiger partial charge in [0.2, 0.25) is 0 Å². The lowest BCUT2D eigenvalue weighted by Crippen LogP contribution is -2.24. The molecule has 0 atom stereocenters. The largest absolute Gasteiger partial charge is 0.496 e. The standard InChI is InChI=1S/C26H24N4O5S/c1-33-21-14-23(35-3)22(34-2)13-17(21)15-27-29-24(31)16-36-26-28-20-12-8-7-11-19(20)25(32)30(26)18-9-5-4-6-10-18/h4-15H,16H2,1-3H3,(H,29,31)/b27-15-. The maximum atomic E-state index is 13.2. The number of amides is 1. The molecule has 0 saturated heterocycles. The van der Waals surface area contributed by atoms with Crippen LogP contribution in [0.3, 0.4) is 0 Å². The molecule has 1 heterocycles. The van der Waals surface area contributed by atoms with Crippen LogP contribution < -0.4 is 25.2 Å². The summed E-state index contributed by atoms with van der Waals surface area (Å²) in [5.41, 5.74) is 4.13. The summed E-state index contributed by atoms with van der Waals surface area (Å²) in [7, 11) is 4.58. The van der Waals surface area contributed by atoms with Crippen molar-refractivity contribution in [3.63, 3.8) is 0 Å². The number of carbonyl (C=O) groups excluding carboxylic acids is 1. The first-order valence-corrected chi connectivity index (χ1v) is 11.9. The summed E-state index contributed by atoms with van der Waals surface area (Å²) in [5.74, 6) is 1.16. The average molecular weight is 505 g/mol. The molecule has 9 nitrogen and oxygen atoms in total. The van der Waals surface area contributed by atoms with E-state index in [-0.39, 0.29) is 17.2 Å². The third-order valence-electron chi connectivity index (χ3n) is 5.22. The van der Waals surface area contributed by atoms with Crippen LogP contribution in [-0.4, -0.2) is 48.8 Å². The Morgan fingerprint density at radius 2 is 1.64 bits per heavy atom. The van der Waals surface area contributed by atoms with E-state index < -0.39 is 0 Å². The summed E-state index contributed by atoms with van der Waals surface area (Å²) in [4.78, 5) is 30.4. The number of ether oxygens (including phenoxy) is 3. The topological polar surface area (TPSA) is 104 Å². The molecule has 1 amide bonds. The Balaban J connectivity index is 1.53. The van der Waals surface area contributed by atoms with Gasteiger partial charge in [0.05, 0.1) is 49.9 Å². The molecule has 0 aliphatic heterocycles. The molecule has 36 heavy (non-hydrogen) atoms. The van der Waals surface area contributed by atoms with E-state index in [4.69, 9.17) is 14.2 Å². The van der Waals surface area contributed by atoms with Gasteiger partial charge in [0.1, 0.15) is 5.75 Å². The fourth-order valence-electron chi connectivity index (χ4n) is 3.50. The third-order valence-corrected chi connectivity index (χ3v) is 6.16. The van der Waals surface area contributed by atoms with Crippen LogP contribution in [0, 0.1) is 0 Å². The molecule has 0 radical (unpaired) electrons. The number of hydrazone groups is 1. The van der Waals surface area contributed by atoms with E-state index in [1.54, 1.807) is 30.3 Å². The predicted molar refractivity (Wildman–Crippen MR) is 140 cm³/mol. The van der Waals surface area contributed by atoms with Gasteiger partial charge in [0.15, 0.2) is 16.7 Å². The van der Waals surface area contributed by atoms with Gasteiger partial charge >= 0.3 is 0 Å².